The van der Waals surface area contributed by atoms with Crippen molar-refractivity contribution in [1.82, 2.24) is 4.90 Å². The molecule has 1 fully saturated rings. The van der Waals surface area contributed by atoms with Crippen molar-refractivity contribution in [3.05, 3.63) is 0 Å². The molecule has 0 bridgehead atoms. The molecule has 2 heteroatoms. The van der Waals surface area contributed by atoms with Crippen molar-refractivity contribution in [3.8, 4) is 12.5 Å². The van der Waals surface area contributed by atoms with Gasteiger partial charge in [-0.25, -0.2) is 0 Å². The van der Waals surface area contributed by atoms with E-state index in [1.807, 2.05) is 4.90 Å². The van der Waals surface area contributed by atoms with Crippen LogP contribution in [-0.4, -0.2) is 28.2 Å². The summed E-state index contributed by atoms with van der Waals surface area (Å²) in [5.74, 6) is 0.477. The number of hydrogen-bond acceptors (Lipinski definition) is 2. The van der Waals surface area contributed by atoms with Gasteiger partial charge < -0.3 is 10.0 Å². The Balaban J connectivity index is 2.83. The van der Waals surface area contributed by atoms with E-state index in [1.54, 1.807) is 0 Å². The van der Waals surface area contributed by atoms with Gasteiger partial charge in [0.1, 0.15) is 0 Å². The summed E-state index contributed by atoms with van der Waals surface area (Å²) in [4.78, 5) is 1.92. The summed E-state index contributed by atoms with van der Waals surface area (Å²) >= 11 is 0. The molecule has 2 unspecified atom stereocenters. The standard InChI is InChI=1S/C10H17NO/c1-5-11-7-9(12)6-10(11,4)8(2)3/h1,8-9,12H,6-7H2,2-4H3. The van der Waals surface area contributed by atoms with E-state index in [2.05, 4.69) is 26.8 Å². The molecule has 12 heavy (non-hydrogen) atoms. The summed E-state index contributed by atoms with van der Waals surface area (Å²) in [6, 6.07) is 2.64. The van der Waals surface area contributed by atoms with Crippen LogP contribution in [0.4, 0.5) is 0 Å². The normalized spacial score (nSPS) is 35.7. The lowest BCUT2D eigenvalue weighted by Gasteiger charge is -2.35. The highest BCUT2D eigenvalue weighted by molar-refractivity contribution is 5.06. The summed E-state index contributed by atoms with van der Waals surface area (Å²) in [5, 5.41) is 9.48. The maximum atomic E-state index is 9.48. The van der Waals surface area contributed by atoms with Crippen LogP contribution in [0.5, 0.6) is 0 Å². The van der Waals surface area contributed by atoms with Crippen LogP contribution < -0.4 is 0 Å². The molecular weight excluding hydrogens is 150 g/mol. The molecule has 0 amide bonds. The molecule has 0 radical (unpaired) electrons. The second kappa shape index (κ2) is 2.99. The van der Waals surface area contributed by atoms with E-state index in [4.69, 9.17) is 6.42 Å². The molecule has 0 saturated carbocycles. The van der Waals surface area contributed by atoms with E-state index in [9.17, 15) is 5.11 Å². The van der Waals surface area contributed by atoms with Crippen molar-refractivity contribution in [2.24, 2.45) is 5.92 Å². The van der Waals surface area contributed by atoms with Crippen LogP contribution in [-0.2, 0) is 0 Å². The Hall–Kier alpha value is -0.680. The summed E-state index contributed by atoms with van der Waals surface area (Å²) in [7, 11) is 0. The van der Waals surface area contributed by atoms with E-state index < -0.39 is 0 Å². The quantitative estimate of drug-likeness (QED) is 0.590. The third-order valence-electron chi connectivity index (χ3n) is 3.06. The first kappa shape index (κ1) is 9.41. The summed E-state index contributed by atoms with van der Waals surface area (Å²) in [6.45, 7) is 7.02. The molecule has 0 aromatic rings. The number of β-amino-alcohol motifs (C(OH)–C–C–N with tert-alkyl or cyclic N) is 1. The molecule has 2 atom stereocenters. The molecule has 1 heterocycles. The number of rotatable bonds is 1. The van der Waals surface area contributed by atoms with Crippen molar-refractivity contribution in [3.63, 3.8) is 0 Å². The van der Waals surface area contributed by atoms with Gasteiger partial charge in [-0.3, -0.25) is 0 Å². The molecule has 0 aromatic carbocycles. The van der Waals surface area contributed by atoms with Crippen molar-refractivity contribution in [2.75, 3.05) is 6.54 Å². The lowest BCUT2D eigenvalue weighted by molar-refractivity contribution is 0.164. The molecular formula is C10H17NO. The van der Waals surface area contributed by atoms with Crippen molar-refractivity contribution in [2.45, 2.75) is 38.8 Å². The number of aliphatic hydroxyl groups is 1. The van der Waals surface area contributed by atoms with Gasteiger partial charge in [-0.15, -0.1) is 0 Å². The van der Waals surface area contributed by atoms with Gasteiger partial charge in [0.15, 0.2) is 0 Å². The molecule has 1 aliphatic heterocycles. The Morgan fingerprint density at radius 1 is 1.67 bits per heavy atom. The Labute approximate surface area is 74.6 Å². The molecule has 1 saturated heterocycles. The smallest absolute Gasteiger partial charge is 0.0745 e. The minimum Gasteiger partial charge on any atom is -0.391 e. The highest BCUT2D eigenvalue weighted by Crippen LogP contribution is 2.34. The van der Waals surface area contributed by atoms with E-state index >= 15 is 0 Å². The van der Waals surface area contributed by atoms with Gasteiger partial charge >= 0.3 is 0 Å². The zero-order valence-corrected chi connectivity index (χ0v) is 8.04. The van der Waals surface area contributed by atoms with Crippen LogP contribution in [0.25, 0.3) is 0 Å². The minimum absolute atomic E-state index is 0.0197. The number of likely N-dealkylation sites (tertiary alicyclic amines) is 1. The van der Waals surface area contributed by atoms with Crippen LogP contribution in [0.2, 0.25) is 0 Å². The molecule has 1 aliphatic rings. The van der Waals surface area contributed by atoms with Crippen LogP contribution in [0.1, 0.15) is 27.2 Å². The first-order valence-electron chi connectivity index (χ1n) is 4.42. The largest absolute Gasteiger partial charge is 0.391 e. The minimum atomic E-state index is -0.256. The predicted octanol–water partition coefficient (Wildman–Crippen LogP) is 1.06. The Morgan fingerprint density at radius 3 is 2.58 bits per heavy atom. The number of nitrogens with zero attached hydrogens (tertiary/aromatic N) is 1. The third kappa shape index (κ3) is 1.30. The Kier molecular flexibility index (Phi) is 2.34. The molecule has 68 valence electrons. The SMILES string of the molecule is C#CN1CC(O)CC1(C)C(C)C. The summed E-state index contributed by atoms with van der Waals surface area (Å²) in [6.07, 6.45) is 5.90. The van der Waals surface area contributed by atoms with Crippen LogP contribution in [0.15, 0.2) is 0 Å². The van der Waals surface area contributed by atoms with Gasteiger partial charge in [-0.05, 0) is 19.3 Å². The lowest BCUT2D eigenvalue weighted by Crippen LogP contribution is -2.42. The van der Waals surface area contributed by atoms with E-state index in [0.29, 0.717) is 12.5 Å². The number of terminal acetylenes is 1. The van der Waals surface area contributed by atoms with Gasteiger partial charge in [0.2, 0.25) is 0 Å². The molecule has 0 spiro atoms. The fraction of sp³-hybridized carbons (Fsp3) is 0.800. The first-order valence-corrected chi connectivity index (χ1v) is 4.42. The fourth-order valence-corrected chi connectivity index (χ4v) is 1.82. The fourth-order valence-electron chi connectivity index (χ4n) is 1.82. The van der Waals surface area contributed by atoms with Gasteiger partial charge in [-0.2, -0.15) is 0 Å². The zero-order chi connectivity index (χ0) is 9.35. The zero-order valence-electron chi connectivity index (χ0n) is 8.04. The number of aliphatic hydroxyl groups excluding tert-OH is 1. The van der Waals surface area contributed by atoms with Gasteiger partial charge in [-0.1, -0.05) is 20.3 Å². The maximum absolute atomic E-state index is 9.48. The monoisotopic (exact) mass is 167 g/mol. The van der Waals surface area contributed by atoms with Crippen molar-refractivity contribution < 1.29 is 5.11 Å². The second-order valence-corrected chi connectivity index (χ2v) is 4.11. The maximum Gasteiger partial charge on any atom is 0.0745 e. The van der Waals surface area contributed by atoms with Crippen LogP contribution in [0, 0.1) is 18.4 Å². The predicted molar refractivity (Wildman–Crippen MR) is 49.4 cm³/mol. The molecule has 0 aliphatic carbocycles. The van der Waals surface area contributed by atoms with Gasteiger partial charge in [0.25, 0.3) is 0 Å². The van der Waals surface area contributed by atoms with E-state index in [-0.39, 0.29) is 11.6 Å². The molecule has 0 aromatic heterocycles. The van der Waals surface area contributed by atoms with E-state index in [0.717, 1.165) is 6.42 Å². The molecule has 1 rings (SSSR count). The molecule has 1 N–H and O–H groups in total. The Bertz CT molecular complexity index is 206. The van der Waals surface area contributed by atoms with Crippen LogP contribution in [0.3, 0.4) is 0 Å². The van der Waals surface area contributed by atoms with Crippen molar-refractivity contribution in [1.29, 1.82) is 0 Å². The number of hydrogen-bond donors (Lipinski definition) is 1. The topological polar surface area (TPSA) is 23.5 Å². The summed E-state index contributed by atoms with van der Waals surface area (Å²) < 4.78 is 0. The van der Waals surface area contributed by atoms with E-state index in [1.165, 1.54) is 0 Å². The average molecular weight is 167 g/mol. The highest BCUT2D eigenvalue weighted by Gasteiger charge is 2.42. The van der Waals surface area contributed by atoms with Gasteiger partial charge in [0, 0.05) is 6.04 Å². The third-order valence-corrected chi connectivity index (χ3v) is 3.06. The van der Waals surface area contributed by atoms with Crippen molar-refractivity contribution >= 4 is 0 Å². The first-order chi connectivity index (χ1) is 5.50. The molecule has 2 nitrogen and oxygen atoms in total. The van der Waals surface area contributed by atoms with Gasteiger partial charge in [0.05, 0.1) is 18.2 Å². The highest BCUT2D eigenvalue weighted by atomic mass is 16.3. The Morgan fingerprint density at radius 2 is 2.25 bits per heavy atom. The average Bonchev–Trinajstić information content (AvgIpc) is 2.27. The van der Waals surface area contributed by atoms with Crippen LogP contribution >= 0.6 is 0 Å². The summed E-state index contributed by atoms with van der Waals surface area (Å²) in [5.41, 5.74) is -0.0197. The lowest BCUT2D eigenvalue weighted by atomic mass is 9.86. The second-order valence-electron chi connectivity index (χ2n) is 4.11.